The molecule has 0 unspecified atom stereocenters. The Labute approximate surface area is 140 Å². The van der Waals surface area contributed by atoms with Gasteiger partial charge < -0.3 is 9.84 Å². The molecule has 0 fully saturated rings. The number of phenols is 1. The molecular weight excluding hydrogens is 366 g/mol. The number of carbonyl (C=O) groups excluding carboxylic acids is 1. The maximum atomic E-state index is 12.9. The number of halogens is 2. The average molecular weight is 378 g/mol. The van der Waals surface area contributed by atoms with Gasteiger partial charge in [-0.2, -0.15) is 17.2 Å². The molecule has 10 heteroatoms. The quantitative estimate of drug-likeness (QED) is 0.345. The third kappa shape index (κ3) is 3.94. The van der Waals surface area contributed by atoms with E-state index in [1.165, 1.54) is 11.8 Å². The lowest BCUT2D eigenvalue weighted by Gasteiger charge is -2.11. The van der Waals surface area contributed by atoms with E-state index >= 15 is 0 Å². The largest absolute Gasteiger partial charge is 0.507 e. The lowest BCUT2D eigenvalue weighted by atomic mass is 10.1. The van der Waals surface area contributed by atoms with E-state index in [1.807, 2.05) is 0 Å². The van der Waals surface area contributed by atoms with E-state index in [0.717, 1.165) is 10.3 Å². The molecule has 2 N–H and O–H groups in total. The summed E-state index contributed by atoms with van der Waals surface area (Å²) in [7, 11) is -5.86. The van der Waals surface area contributed by atoms with Crippen LogP contribution in [0, 0.1) is 0 Å². The number of hydrogen-bond donors (Lipinski definition) is 2. The molecule has 0 aliphatic rings. The summed E-state index contributed by atoms with van der Waals surface area (Å²) in [5, 5.41) is 6.11. The highest BCUT2D eigenvalue weighted by atomic mass is 32.2. The summed E-state index contributed by atoms with van der Waals surface area (Å²) in [5.74, 6) is -2.10. The fourth-order valence-electron chi connectivity index (χ4n) is 1.82. The van der Waals surface area contributed by atoms with Crippen molar-refractivity contribution in [2.24, 2.45) is 0 Å². The smallest absolute Gasteiger partial charge is 0.465 e. The first-order chi connectivity index (χ1) is 11.1. The predicted octanol–water partition coefficient (Wildman–Crippen LogP) is 2.66. The molecule has 0 amide bonds. The second kappa shape index (κ2) is 6.91. The molecule has 0 heterocycles. The van der Waals surface area contributed by atoms with Crippen LogP contribution in [0.25, 0.3) is 10.8 Å². The van der Waals surface area contributed by atoms with Crippen molar-refractivity contribution in [2.75, 3.05) is 12.4 Å². The van der Waals surface area contributed by atoms with Crippen molar-refractivity contribution in [3.63, 3.8) is 0 Å². The van der Waals surface area contributed by atoms with Gasteiger partial charge in [-0.1, -0.05) is 12.1 Å². The number of hydrogen-bond acceptors (Lipinski definition) is 6. The zero-order valence-electron chi connectivity index (χ0n) is 12.0. The molecule has 0 atom stereocenters. The van der Waals surface area contributed by atoms with Gasteiger partial charge >= 0.3 is 21.3 Å². The number of aromatic hydroxyl groups is 1. The van der Waals surface area contributed by atoms with Gasteiger partial charge in [0.05, 0.1) is 0 Å². The minimum atomic E-state index is -5.86. The Bertz CT molecular complexity index is 867. The van der Waals surface area contributed by atoms with Crippen LogP contribution in [0.4, 0.5) is 8.78 Å². The van der Waals surface area contributed by atoms with Crippen molar-refractivity contribution < 1.29 is 36.4 Å². The number of fused-ring (bicyclic) bond motifs is 1. The van der Waals surface area contributed by atoms with Gasteiger partial charge in [0.15, 0.2) is 0 Å². The van der Waals surface area contributed by atoms with Crippen LogP contribution in [0.3, 0.4) is 0 Å². The predicted molar refractivity (Wildman–Crippen MR) is 83.8 cm³/mol. The molecule has 2 aromatic carbocycles. The Hall–Kier alpha value is -1.91. The van der Waals surface area contributed by atoms with E-state index in [-0.39, 0.29) is 11.5 Å². The van der Waals surface area contributed by atoms with Crippen molar-refractivity contribution in [1.29, 1.82) is 0 Å². The molecule has 0 bridgehead atoms. The maximum Gasteiger partial charge on any atom is 0.465 e. The molecule has 0 aliphatic heterocycles. The van der Waals surface area contributed by atoms with Crippen molar-refractivity contribution >= 4 is 38.6 Å². The molecule has 0 aromatic heterocycles. The summed E-state index contributed by atoms with van der Waals surface area (Å²) in [4.78, 5) is 11.7. The van der Waals surface area contributed by atoms with Crippen molar-refractivity contribution in [2.45, 2.75) is 10.2 Å². The standard InChI is InChI=1S/C14H12F2O6S2/c15-14(16,24(19,20)21)13(18)22-6-7-23-10-4-5-11-9(8-10)2-1-3-12(11)17/h1-5,8,17H,6-7H2,(H,19,20,21). The second-order valence-corrected chi connectivity index (χ2v) is 7.27. The Morgan fingerprint density at radius 1 is 1.25 bits per heavy atom. The van der Waals surface area contributed by atoms with Crippen LogP contribution in [0.15, 0.2) is 41.3 Å². The molecule has 2 rings (SSSR count). The molecular formula is C14H12F2O6S2. The number of alkyl halides is 2. The van der Waals surface area contributed by atoms with Crippen LogP contribution >= 0.6 is 11.8 Å². The van der Waals surface area contributed by atoms with Gasteiger partial charge in [0.1, 0.15) is 12.4 Å². The summed E-state index contributed by atoms with van der Waals surface area (Å²) in [6, 6.07) is 10.1. The maximum absolute atomic E-state index is 12.9. The van der Waals surface area contributed by atoms with Gasteiger partial charge in [0, 0.05) is 16.0 Å². The van der Waals surface area contributed by atoms with Crippen molar-refractivity contribution in [1.82, 2.24) is 0 Å². The van der Waals surface area contributed by atoms with Gasteiger partial charge in [-0.15, -0.1) is 11.8 Å². The Morgan fingerprint density at radius 2 is 1.96 bits per heavy atom. The fraction of sp³-hybridized carbons (Fsp3) is 0.214. The fourth-order valence-corrected chi connectivity index (χ4v) is 2.86. The summed E-state index contributed by atoms with van der Waals surface area (Å²) in [6.07, 6.45) is 0. The molecule has 0 radical (unpaired) electrons. The SMILES string of the molecule is O=C(OCCSc1ccc2c(O)cccc2c1)C(F)(F)S(=O)(=O)O. The number of phenolic OH excluding ortho intramolecular Hbond substituents is 1. The monoisotopic (exact) mass is 378 g/mol. The lowest BCUT2D eigenvalue weighted by Crippen LogP contribution is -2.39. The number of rotatable bonds is 6. The van der Waals surface area contributed by atoms with Crippen LogP contribution in [-0.2, 0) is 19.6 Å². The summed E-state index contributed by atoms with van der Waals surface area (Å²) in [5.41, 5.74) is 0. The first kappa shape index (κ1) is 18.4. The van der Waals surface area contributed by atoms with E-state index in [2.05, 4.69) is 4.74 Å². The summed E-state index contributed by atoms with van der Waals surface area (Å²) >= 11 is 1.19. The van der Waals surface area contributed by atoms with E-state index in [1.54, 1.807) is 36.4 Å². The highest BCUT2D eigenvalue weighted by molar-refractivity contribution is 7.99. The normalized spacial score (nSPS) is 12.3. The first-order valence-electron chi connectivity index (χ1n) is 6.49. The third-order valence-corrected chi connectivity index (χ3v) is 4.75. The van der Waals surface area contributed by atoms with Crippen LogP contribution < -0.4 is 0 Å². The van der Waals surface area contributed by atoms with Gasteiger partial charge in [0.25, 0.3) is 0 Å². The minimum Gasteiger partial charge on any atom is -0.507 e. The molecule has 6 nitrogen and oxygen atoms in total. The van der Waals surface area contributed by atoms with Gasteiger partial charge in [0.2, 0.25) is 0 Å². The first-order valence-corrected chi connectivity index (χ1v) is 8.92. The lowest BCUT2D eigenvalue weighted by molar-refractivity contribution is -0.160. The molecule has 0 saturated carbocycles. The van der Waals surface area contributed by atoms with E-state index in [9.17, 15) is 27.1 Å². The van der Waals surface area contributed by atoms with E-state index in [4.69, 9.17) is 4.55 Å². The van der Waals surface area contributed by atoms with Crippen LogP contribution in [-0.4, -0.2) is 41.7 Å². The Balaban J connectivity index is 1.92. The number of esters is 1. The average Bonchev–Trinajstić information content (AvgIpc) is 2.50. The minimum absolute atomic E-state index is 0.0949. The molecule has 0 aliphatic carbocycles. The van der Waals surface area contributed by atoms with Crippen molar-refractivity contribution in [3.8, 4) is 5.75 Å². The Morgan fingerprint density at radius 3 is 2.62 bits per heavy atom. The summed E-state index contributed by atoms with van der Waals surface area (Å²) in [6.45, 7) is -0.466. The number of carbonyl (C=O) groups is 1. The van der Waals surface area contributed by atoms with E-state index < -0.39 is 27.9 Å². The number of benzene rings is 2. The zero-order chi connectivity index (χ0) is 18.0. The molecule has 130 valence electrons. The van der Waals surface area contributed by atoms with Crippen molar-refractivity contribution in [3.05, 3.63) is 36.4 Å². The second-order valence-electron chi connectivity index (χ2n) is 4.64. The highest BCUT2D eigenvalue weighted by Gasteiger charge is 2.54. The number of ether oxygens (including phenoxy) is 1. The molecule has 0 saturated heterocycles. The van der Waals surface area contributed by atoms with E-state index in [0.29, 0.717) is 5.39 Å². The summed E-state index contributed by atoms with van der Waals surface area (Å²) < 4.78 is 59.1. The topological polar surface area (TPSA) is 101 Å². The van der Waals surface area contributed by atoms with Gasteiger partial charge in [-0.05, 0) is 29.7 Å². The number of thioether (sulfide) groups is 1. The molecule has 2 aromatic rings. The van der Waals surface area contributed by atoms with Gasteiger partial charge in [-0.3, -0.25) is 4.55 Å². The molecule has 24 heavy (non-hydrogen) atoms. The Kier molecular flexibility index (Phi) is 5.31. The van der Waals surface area contributed by atoms with Gasteiger partial charge in [-0.25, -0.2) is 4.79 Å². The third-order valence-electron chi connectivity index (χ3n) is 2.98. The van der Waals surface area contributed by atoms with Crippen LogP contribution in [0.1, 0.15) is 0 Å². The van der Waals surface area contributed by atoms with Crippen LogP contribution in [0.2, 0.25) is 0 Å². The highest BCUT2D eigenvalue weighted by Crippen LogP contribution is 2.29. The van der Waals surface area contributed by atoms with Crippen LogP contribution in [0.5, 0.6) is 5.75 Å². The molecule has 0 spiro atoms. The zero-order valence-corrected chi connectivity index (χ0v) is 13.6.